The second-order valence-electron chi connectivity index (χ2n) is 8.92. The third kappa shape index (κ3) is 5.32. The van der Waals surface area contributed by atoms with Gasteiger partial charge in [-0.05, 0) is 52.0 Å². The second kappa shape index (κ2) is 12.0. The molecule has 2 N–H and O–H groups in total. The first-order valence-electron chi connectivity index (χ1n) is 13.1. The van der Waals surface area contributed by atoms with Crippen LogP contribution in [0.4, 0.5) is 11.6 Å². The Bertz CT molecular complexity index is 1300. The molecule has 0 fully saturated rings. The maximum atomic E-state index is 10.9. The second-order valence-corrected chi connectivity index (χ2v) is 8.92. The lowest BCUT2D eigenvalue weighted by atomic mass is 9.97. The van der Waals surface area contributed by atoms with Crippen molar-refractivity contribution in [1.82, 2.24) is 10.3 Å². The van der Waals surface area contributed by atoms with Crippen LogP contribution in [-0.2, 0) is 6.42 Å². The fraction of sp³-hybridized carbons (Fsp3) is 0.379. The van der Waals surface area contributed by atoms with Gasteiger partial charge in [0.2, 0.25) is 0 Å². The number of methoxy groups -OCH3 is 2. The highest BCUT2D eigenvalue weighted by Gasteiger charge is 2.29. The van der Waals surface area contributed by atoms with Crippen LogP contribution in [0, 0.1) is 0 Å². The van der Waals surface area contributed by atoms with E-state index in [4.69, 9.17) is 18.5 Å². The van der Waals surface area contributed by atoms with Gasteiger partial charge in [0.05, 0.1) is 25.3 Å². The van der Waals surface area contributed by atoms with Gasteiger partial charge in [-0.1, -0.05) is 10.3 Å². The molecule has 0 saturated heterocycles. The van der Waals surface area contributed by atoms with Gasteiger partial charge in [0, 0.05) is 55.9 Å². The van der Waals surface area contributed by atoms with Gasteiger partial charge in [-0.25, -0.2) is 0 Å². The van der Waals surface area contributed by atoms with Gasteiger partial charge >= 0.3 is 0 Å². The van der Waals surface area contributed by atoms with Crippen molar-refractivity contribution in [2.24, 2.45) is 0 Å². The highest BCUT2D eigenvalue weighted by molar-refractivity contribution is 5.78. The number of aromatic hydroxyl groups is 2. The zero-order valence-corrected chi connectivity index (χ0v) is 23.3. The van der Waals surface area contributed by atoms with Gasteiger partial charge < -0.3 is 38.5 Å². The first-order valence-corrected chi connectivity index (χ1v) is 13.1. The average molecular weight is 537 g/mol. The van der Waals surface area contributed by atoms with E-state index in [0.29, 0.717) is 78.4 Å². The van der Waals surface area contributed by atoms with Crippen molar-refractivity contribution in [3.8, 4) is 45.6 Å². The summed E-state index contributed by atoms with van der Waals surface area (Å²) < 4.78 is 22.3. The minimum Gasteiger partial charge on any atom is -0.507 e. The predicted octanol–water partition coefficient (Wildman–Crippen LogP) is 5.71. The summed E-state index contributed by atoms with van der Waals surface area (Å²) in [6, 6.07) is 10.1. The maximum absolute atomic E-state index is 10.9. The maximum Gasteiger partial charge on any atom is 0.176 e. The Morgan fingerprint density at radius 1 is 0.667 bits per heavy atom. The van der Waals surface area contributed by atoms with E-state index in [2.05, 4.69) is 20.1 Å². The Kier molecular flexibility index (Phi) is 8.53. The van der Waals surface area contributed by atoms with E-state index in [9.17, 15) is 10.2 Å². The molecular formula is C29H36N4O6. The summed E-state index contributed by atoms with van der Waals surface area (Å²) in [4.78, 5) is 4.19. The van der Waals surface area contributed by atoms with Gasteiger partial charge in [-0.3, -0.25) is 0 Å². The number of phenolic OH excluding ortho intramolecular Hbond substituents is 2. The lowest BCUT2D eigenvalue weighted by molar-refractivity contribution is 0.405. The van der Waals surface area contributed by atoms with E-state index >= 15 is 0 Å². The molecule has 0 bridgehead atoms. The molecular weight excluding hydrogens is 500 g/mol. The van der Waals surface area contributed by atoms with Gasteiger partial charge in [0.25, 0.3) is 0 Å². The van der Waals surface area contributed by atoms with E-state index in [0.717, 1.165) is 11.1 Å². The Morgan fingerprint density at radius 3 is 1.36 bits per heavy atom. The molecule has 0 atom stereocenters. The molecule has 2 aromatic carbocycles. The Balaban J connectivity index is 1.94. The van der Waals surface area contributed by atoms with Crippen LogP contribution in [0.5, 0.6) is 23.0 Å². The van der Waals surface area contributed by atoms with E-state index in [-0.39, 0.29) is 11.5 Å². The third-order valence-electron chi connectivity index (χ3n) is 6.91. The van der Waals surface area contributed by atoms with Crippen LogP contribution in [0.15, 0.2) is 45.4 Å². The molecule has 0 unspecified atom stereocenters. The molecule has 0 aliphatic carbocycles. The summed E-state index contributed by atoms with van der Waals surface area (Å²) in [6.45, 7) is 11.0. The first kappa shape index (κ1) is 27.7. The molecule has 0 amide bonds. The smallest absolute Gasteiger partial charge is 0.176 e. The predicted molar refractivity (Wildman–Crippen MR) is 150 cm³/mol. The van der Waals surface area contributed by atoms with Crippen molar-refractivity contribution in [2.45, 2.75) is 34.1 Å². The number of phenols is 2. The van der Waals surface area contributed by atoms with Crippen molar-refractivity contribution in [2.75, 3.05) is 50.2 Å². The van der Waals surface area contributed by atoms with Crippen LogP contribution >= 0.6 is 0 Å². The number of hydrogen-bond donors (Lipinski definition) is 2. The summed E-state index contributed by atoms with van der Waals surface area (Å²) in [7, 11) is 3.09. The molecule has 208 valence electrons. The number of benzene rings is 2. The summed E-state index contributed by atoms with van der Waals surface area (Å²) >= 11 is 0. The molecule has 0 radical (unpaired) electrons. The van der Waals surface area contributed by atoms with E-state index in [1.165, 1.54) is 0 Å². The number of rotatable bonds is 12. The van der Waals surface area contributed by atoms with Gasteiger partial charge in [-0.15, -0.1) is 0 Å². The number of aromatic nitrogens is 2. The van der Waals surface area contributed by atoms with Gasteiger partial charge in [-0.2, -0.15) is 0 Å². The zero-order valence-electron chi connectivity index (χ0n) is 23.3. The number of anilines is 2. The van der Waals surface area contributed by atoms with Crippen LogP contribution in [0.25, 0.3) is 22.6 Å². The molecule has 39 heavy (non-hydrogen) atoms. The van der Waals surface area contributed by atoms with Gasteiger partial charge in [0.15, 0.2) is 23.2 Å². The number of ether oxygens (including phenoxy) is 2. The van der Waals surface area contributed by atoms with Crippen LogP contribution < -0.4 is 19.3 Å². The fourth-order valence-corrected chi connectivity index (χ4v) is 4.72. The Labute approximate surface area is 228 Å². The lowest BCUT2D eigenvalue weighted by Crippen LogP contribution is -2.24. The summed E-state index contributed by atoms with van der Waals surface area (Å²) in [5.41, 5.74) is 2.52. The normalized spacial score (nSPS) is 11.0. The van der Waals surface area contributed by atoms with E-state index in [1.807, 2.05) is 27.7 Å². The van der Waals surface area contributed by atoms with Crippen molar-refractivity contribution >= 4 is 11.6 Å². The largest absolute Gasteiger partial charge is 0.507 e. The van der Waals surface area contributed by atoms with Gasteiger partial charge in [0.1, 0.15) is 23.0 Å². The first-order chi connectivity index (χ1) is 18.9. The molecule has 4 rings (SSSR count). The average Bonchev–Trinajstić information content (AvgIpc) is 3.55. The SMILES string of the molecule is CCN(CC)c1noc(-c2ccc(OC)cc2O)c1Cc1c(N(CC)CC)noc1-c1ccc(OC)cc1O. The minimum absolute atomic E-state index is 0.0140. The van der Waals surface area contributed by atoms with Crippen LogP contribution in [-0.4, -0.2) is 60.9 Å². The van der Waals surface area contributed by atoms with Crippen LogP contribution in [0.2, 0.25) is 0 Å². The molecule has 2 aromatic heterocycles. The van der Waals surface area contributed by atoms with Crippen LogP contribution in [0.1, 0.15) is 38.8 Å². The number of hydrogen-bond acceptors (Lipinski definition) is 10. The molecule has 2 heterocycles. The molecule has 10 heteroatoms. The molecule has 4 aromatic rings. The lowest BCUT2D eigenvalue weighted by Gasteiger charge is -2.21. The topological polar surface area (TPSA) is 117 Å². The van der Waals surface area contributed by atoms with Crippen molar-refractivity contribution in [3.05, 3.63) is 47.5 Å². The number of nitrogens with zero attached hydrogens (tertiary/aromatic N) is 4. The standard InChI is InChI=1S/C29H36N4O6/c1-7-32(8-2)28-22(26(38-30-28)20-13-11-18(36-5)15-24(20)34)17-23-27(39-31-29(23)33(9-3)10-4)21-14-12-19(37-6)16-25(21)35/h11-16,34-35H,7-10,17H2,1-6H3. The van der Waals surface area contributed by atoms with Crippen molar-refractivity contribution in [1.29, 1.82) is 0 Å². The Morgan fingerprint density at radius 2 is 1.05 bits per heavy atom. The molecule has 0 aliphatic heterocycles. The molecule has 0 spiro atoms. The Hall–Kier alpha value is -4.34. The summed E-state index contributed by atoms with van der Waals surface area (Å²) in [6.07, 6.45) is 0.326. The highest BCUT2D eigenvalue weighted by Crippen LogP contribution is 2.43. The molecule has 10 nitrogen and oxygen atoms in total. The van der Waals surface area contributed by atoms with Crippen molar-refractivity contribution in [3.63, 3.8) is 0 Å². The summed E-state index contributed by atoms with van der Waals surface area (Å²) in [5.74, 6) is 3.30. The zero-order chi connectivity index (χ0) is 28.1. The highest BCUT2D eigenvalue weighted by atomic mass is 16.5. The fourth-order valence-electron chi connectivity index (χ4n) is 4.72. The van der Waals surface area contributed by atoms with E-state index < -0.39 is 0 Å². The summed E-state index contributed by atoms with van der Waals surface area (Å²) in [5, 5.41) is 30.6. The molecule has 0 aliphatic rings. The van der Waals surface area contributed by atoms with E-state index in [1.54, 1.807) is 50.6 Å². The quantitative estimate of drug-likeness (QED) is 0.233. The third-order valence-corrected chi connectivity index (χ3v) is 6.91. The van der Waals surface area contributed by atoms with Crippen molar-refractivity contribution < 1.29 is 28.7 Å². The molecule has 0 saturated carbocycles. The van der Waals surface area contributed by atoms with Crippen LogP contribution in [0.3, 0.4) is 0 Å². The monoisotopic (exact) mass is 536 g/mol. The minimum atomic E-state index is 0.0140.